The molecule has 2 atom stereocenters. The monoisotopic (exact) mass is 384 g/mol. The van der Waals surface area contributed by atoms with Gasteiger partial charge in [-0.15, -0.1) is 0 Å². The molecule has 0 saturated carbocycles. The second kappa shape index (κ2) is 5.93. The average molecular weight is 384 g/mol. The lowest BCUT2D eigenvalue weighted by atomic mass is 9.86. The quantitative estimate of drug-likeness (QED) is 0.561. The maximum absolute atomic E-state index is 10.5. The van der Waals surface area contributed by atoms with E-state index >= 15 is 0 Å². The molecule has 0 bridgehead atoms. The zero-order valence-corrected chi connectivity index (χ0v) is 16.3. The van der Waals surface area contributed by atoms with Crippen molar-refractivity contribution in [2.75, 3.05) is 0 Å². The van der Waals surface area contributed by atoms with Gasteiger partial charge in [0.15, 0.2) is 8.32 Å². The molecule has 0 aliphatic heterocycles. The summed E-state index contributed by atoms with van der Waals surface area (Å²) in [6.45, 7) is 21.1. The van der Waals surface area contributed by atoms with Crippen LogP contribution in [0.4, 0.5) is 0 Å². The molecule has 4 heteroatoms. The molecule has 0 aromatic heterocycles. The number of hydrogen-bond donors (Lipinski definition) is 1. The Kier molecular flexibility index (Phi) is 6.13. The van der Waals surface area contributed by atoms with Gasteiger partial charge in [-0.2, -0.15) is 0 Å². The molecule has 0 fully saturated rings. The third-order valence-electron chi connectivity index (χ3n) is 3.71. The Morgan fingerprint density at radius 2 is 1.56 bits per heavy atom. The lowest BCUT2D eigenvalue weighted by Crippen LogP contribution is -2.50. The maximum atomic E-state index is 10.5. The largest absolute Gasteiger partial charge is 0.407 e. The summed E-state index contributed by atoms with van der Waals surface area (Å²) < 4.78 is 7.21. The molecular formula is C14H29IO2Si. The minimum absolute atomic E-state index is 0.134. The standard InChI is InChI=1S/C14H29IO2Si/c1-10(15)11(12(16)13(2,3)4)17-18(8,9)14(5,6)7/h11-12,16H,1H2,2-9H3/t11-,12+/m0/s1. The maximum Gasteiger partial charge on any atom is 0.193 e. The van der Waals surface area contributed by atoms with Crippen molar-refractivity contribution in [2.24, 2.45) is 5.41 Å². The molecule has 18 heavy (non-hydrogen) atoms. The predicted octanol–water partition coefficient (Wildman–Crippen LogP) is 4.73. The van der Waals surface area contributed by atoms with Gasteiger partial charge in [-0.25, -0.2) is 0 Å². The second-order valence-electron chi connectivity index (χ2n) is 7.56. The van der Waals surface area contributed by atoms with Crippen molar-refractivity contribution in [3.8, 4) is 0 Å². The highest BCUT2D eigenvalue weighted by molar-refractivity contribution is 14.1. The minimum Gasteiger partial charge on any atom is -0.407 e. The average Bonchev–Trinajstić information content (AvgIpc) is 2.09. The molecular weight excluding hydrogens is 355 g/mol. The summed E-state index contributed by atoms with van der Waals surface area (Å²) in [5.41, 5.74) is -0.207. The lowest BCUT2D eigenvalue weighted by Gasteiger charge is -2.42. The van der Waals surface area contributed by atoms with Gasteiger partial charge in [0, 0.05) is 3.58 Å². The van der Waals surface area contributed by atoms with E-state index < -0.39 is 14.4 Å². The third kappa shape index (κ3) is 4.94. The van der Waals surface area contributed by atoms with E-state index in [1.165, 1.54) is 0 Å². The van der Waals surface area contributed by atoms with Gasteiger partial charge in [0.05, 0.1) is 6.10 Å². The SMILES string of the molecule is C=C(I)[C@H](O[Si](C)(C)C(C)(C)C)[C@@H](O)C(C)(C)C. The van der Waals surface area contributed by atoms with Crippen LogP contribution in [0.25, 0.3) is 0 Å². The van der Waals surface area contributed by atoms with Crippen molar-refractivity contribution in [3.05, 3.63) is 10.2 Å². The van der Waals surface area contributed by atoms with Crippen LogP contribution in [0.15, 0.2) is 10.2 Å². The van der Waals surface area contributed by atoms with Crippen LogP contribution in [0, 0.1) is 5.41 Å². The molecule has 0 rings (SSSR count). The Balaban J connectivity index is 5.15. The van der Waals surface area contributed by atoms with Crippen LogP contribution >= 0.6 is 22.6 Å². The van der Waals surface area contributed by atoms with E-state index in [0.717, 1.165) is 3.58 Å². The highest BCUT2D eigenvalue weighted by atomic mass is 127. The van der Waals surface area contributed by atoms with E-state index in [1.54, 1.807) is 0 Å². The van der Waals surface area contributed by atoms with Gasteiger partial charge in [0.1, 0.15) is 6.10 Å². The Morgan fingerprint density at radius 3 is 1.78 bits per heavy atom. The van der Waals surface area contributed by atoms with Crippen molar-refractivity contribution in [1.29, 1.82) is 0 Å². The molecule has 1 N–H and O–H groups in total. The van der Waals surface area contributed by atoms with Crippen LogP contribution < -0.4 is 0 Å². The van der Waals surface area contributed by atoms with Gasteiger partial charge in [0.2, 0.25) is 0 Å². The summed E-state index contributed by atoms with van der Waals surface area (Å²) >= 11 is 2.17. The predicted molar refractivity (Wildman–Crippen MR) is 90.7 cm³/mol. The molecule has 0 saturated heterocycles. The summed E-state index contributed by atoms with van der Waals surface area (Å²) in [5, 5.41) is 10.6. The van der Waals surface area contributed by atoms with Crippen LogP contribution in [0.5, 0.6) is 0 Å². The van der Waals surface area contributed by atoms with E-state index in [2.05, 4.69) is 63.0 Å². The third-order valence-corrected chi connectivity index (χ3v) is 8.78. The fourth-order valence-corrected chi connectivity index (χ4v) is 3.22. The molecule has 0 heterocycles. The number of aliphatic hydroxyl groups is 1. The van der Waals surface area contributed by atoms with E-state index in [-0.39, 0.29) is 16.6 Å². The molecule has 0 radical (unpaired) electrons. The van der Waals surface area contributed by atoms with Crippen molar-refractivity contribution in [3.63, 3.8) is 0 Å². The van der Waals surface area contributed by atoms with Gasteiger partial charge in [0.25, 0.3) is 0 Å². The Hall–Kier alpha value is 0.607. The Bertz CT molecular complexity index is 300. The smallest absolute Gasteiger partial charge is 0.193 e. The highest BCUT2D eigenvalue weighted by Crippen LogP contribution is 2.40. The number of rotatable bonds is 4. The summed E-state index contributed by atoms with van der Waals surface area (Å²) in [6.07, 6.45) is -0.817. The molecule has 0 amide bonds. The lowest BCUT2D eigenvalue weighted by molar-refractivity contribution is -0.0168. The molecule has 0 unspecified atom stereocenters. The Morgan fingerprint density at radius 1 is 1.17 bits per heavy atom. The first kappa shape index (κ1) is 18.6. The van der Waals surface area contributed by atoms with Crippen molar-refractivity contribution < 1.29 is 9.53 Å². The summed E-state index contributed by atoms with van der Waals surface area (Å²) in [7, 11) is -1.90. The topological polar surface area (TPSA) is 29.5 Å². The number of aliphatic hydroxyl groups excluding tert-OH is 1. The molecule has 0 aromatic carbocycles. The minimum atomic E-state index is -1.90. The zero-order valence-electron chi connectivity index (χ0n) is 13.1. The summed E-state index contributed by atoms with van der Waals surface area (Å²) in [4.78, 5) is 0. The molecule has 2 nitrogen and oxygen atoms in total. The van der Waals surface area contributed by atoms with Crippen LogP contribution in [0.2, 0.25) is 18.1 Å². The number of hydrogen-bond acceptors (Lipinski definition) is 2. The normalized spacial score (nSPS) is 17.4. The fraction of sp³-hybridized carbons (Fsp3) is 0.857. The van der Waals surface area contributed by atoms with Crippen LogP contribution in [-0.4, -0.2) is 25.6 Å². The fourth-order valence-electron chi connectivity index (χ4n) is 1.25. The first-order valence-electron chi connectivity index (χ1n) is 6.40. The van der Waals surface area contributed by atoms with E-state index in [1.807, 2.05) is 20.8 Å². The van der Waals surface area contributed by atoms with Gasteiger partial charge in [-0.05, 0) is 46.1 Å². The van der Waals surface area contributed by atoms with Gasteiger partial charge < -0.3 is 9.53 Å². The Labute approximate surface area is 127 Å². The van der Waals surface area contributed by atoms with Gasteiger partial charge >= 0.3 is 0 Å². The van der Waals surface area contributed by atoms with E-state index in [0.29, 0.717) is 0 Å². The molecule has 0 aliphatic rings. The molecule has 0 aromatic rings. The summed E-state index contributed by atoms with van der Waals surface area (Å²) in [5.74, 6) is 0. The van der Waals surface area contributed by atoms with Gasteiger partial charge in [-0.1, -0.05) is 48.1 Å². The van der Waals surface area contributed by atoms with Crippen molar-refractivity contribution in [2.45, 2.75) is 71.9 Å². The molecule has 0 aliphatic carbocycles. The van der Waals surface area contributed by atoms with E-state index in [4.69, 9.17) is 4.43 Å². The molecule has 0 spiro atoms. The van der Waals surface area contributed by atoms with Crippen molar-refractivity contribution in [1.82, 2.24) is 0 Å². The molecule has 108 valence electrons. The first-order valence-corrected chi connectivity index (χ1v) is 10.4. The summed E-state index contributed by atoms with van der Waals surface area (Å²) in [6, 6.07) is 0. The first-order chi connectivity index (χ1) is 7.70. The highest BCUT2D eigenvalue weighted by Gasteiger charge is 2.43. The van der Waals surface area contributed by atoms with Crippen molar-refractivity contribution >= 4 is 30.9 Å². The van der Waals surface area contributed by atoms with Gasteiger partial charge in [-0.3, -0.25) is 0 Å². The zero-order chi connectivity index (χ0) is 14.9. The van der Waals surface area contributed by atoms with Crippen LogP contribution in [0.1, 0.15) is 41.5 Å². The van der Waals surface area contributed by atoms with Crippen LogP contribution in [-0.2, 0) is 4.43 Å². The number of halogens is 1. The second-order valence-corrected chi connectivity index (χ2v) is 13.7. The van der Waals surface area contributed by atoms with E-state index in [9.17, 15) is 5.11 Å². The van der Waals surface area contributed by atoms with Crippen LogP contribution in [0.3, 0.4) is 0 Å².